The molecule has 1 saturated heterocycles. The summed E-state index contributed by atoms with van der Waals surface area (Å²) in [6.07, 6.45) is 2.21. The third kappa shape index (κ3) is 8.22. The molecule has 1 fully saturated rings. The lowest BCUT2D eigenvalue weighted by Crippen LogP contribution is -2.50. The van der Waals surface area contributed by atoms with Crippen LogP contribution in [0.5, 0.6) is 5.75 Å². The van der Waals surface area contributed by atoms with Crippen LogP contribution in [-0.4, -0.2) is 63.8 Å². The highest BCUT2D eigenvalue weighted by atomic mass is 127. The van der Waals surface area contributed by atoms with Crippen molar-refractivity contribution in [2.45, 2.75) is 52.0 Å². The SMILES string of the molecule is CCCS(=O)(=O)N1CCC(NC(=NC)NCCOc2ccccc2C(C)C)CC1.I. The topological polar surface area (TPSA) is 83.0 Å². The van der Waals surface area contributed by atoms with Gasteiger partial charge in [0.15, 0.2) is 5.96 Å². The molecule has 0 saturated carbocycles. The van der Waals surface area contributed by atoms with Crippen LogP contribution in [0.3, 0.4) is 0 Å². The average molecular weight is 553 g/mol. The Kier molecular flexibility index (Phi) is 12.0. The predicted octanol–water partition coefficient (Wildman–Crippen LogP) is 3.18. The van der Waals surface area contributed by atoms with Gasteiger partial charge >= 0.3 is 0 Å². The monoisotopic (exact) mass is 552 g/mol. The summed E-state index contributed by atoms with van der Waals surface area (Å²) in [5.41, 5.74) is 1.21. The van der Waals surface area contributed by atoms with Gasteiger partial charge in [-0.1, -0.05) is 39.0 Å². The van der Waals surface area contributed by atoms with Gasteiger partial charge in [0, 0.05) is 26.2 Å². The minimum atomic E-state index is -3.10. The number of sulfonamides is 1. The molecule has 1 aliphatic rings. The minimum absolute atomic E-state index is 0. The van der Waals surface area contributed by atoms with Crippen LogP contribution in [0.2, 0.25) is 0 Å². The Balaban J connectivity index is 0.00000450. The quantitative estimate of drug-likeness (QED) is 0.213. The zero-order valence-corrected chi connectivity index (χ0v) is 21.7. The Bertz CT molecular complexity index is 763. The van der Waals surface area contributed by atoms with Crippen LogP contribution in [-0.2, 0) is 10.0 Å². The van der Waals surface area contributed by atoms with E-state index in [9.17, 15) is 8.42 Å². The molecule has 0 unspecified atom stereocenters. The average Bonchev–Trinajstić information content (AvgIpc) is 2.70. The summed E-state index contributed by atoms with van der Waals surface area (Å²) in [5, 5.41) is 6.68. The summed E-state index contributed by atoms with van der Waals surface area (Å²) in [6.45, 7) is 8.51. The maximum absolute atomic E-state index is 12.2. The second-order valence-electron chi connectivity index (χ2n) is 7.67. The first-order valence-electron chi connectivity index (χ1n) is 10.5. The molecule has 1 heterocycles. The molecule has 2 N–H and O–H groups in total. The van der Waals surface area contributed by atoms with Gasteiger partial charge < -0.3 is 15.4 Å². The van der Waals surface area contributed by atoms with Gasteiger partial charge in [0.2, 0.25) is 10.0 Å². The molecule has 0 atom stereocenters. The molecular formula is C21H37IN4O3S. The second kappa shape index (κ2) is 13.4. The van der Waals surface area contributed by atoms with Crippen LogP contribution in [0, 0.1) is 0 Å². The summed E-state index contributed by atoms with van der Waals surface area (Å²) in [5.74, 6) is 2.29. The van der Waals surface area contributed by atoms with Crippen LogP contribution in [0.4, 0.5) is 0 Å². The Hall–Kier alpha value is -1.07. The van der Waals surface area contributed by atoms with Gasteiger partial charge in [-0.05, 0) is 36.8 Å². The van der Waals surface area contributed by atoms with E-state index in [0.29, 0.717) is 38.6 Å². The second-order valence-corrected chi connectivity index (χ2v) is 9.76. The van der Waals surface area contributed by atoms with Crippen LogP contribution in [0.1, 0.15) is 51.5 Å². The zero-order chi connectivity index (χ0) is 21.3. The van der Waals surface area contributed by atoms with E-state index >= 15 is 0 Å². The van der Waals surface area contributed by atoms with Gasteiger partial charge in [0.1, 0.15) is 12.4 Å². The number of hydrogen-bond acceptors (Lipinski definition) is 4. The van der Waals surface area contributed by atoms with Gasteiger partial charge in [-0.3, -0.25) is 4.99 Å². The first kappa shape index (κ1) is 27.0. The molecule has 9 heteroatoms. The number of piperidine rings is 1. The van der Waals surface area contributed by atoms with E-state index in [1.807, 2.05) is 25.1 Å². The molecule has 172 valence electrons. The van der Waals surface area contributed by atoms with Crippen LogP contribution in [0.15, 0.2) is 29.3 Å². The Morgan fingerprint density at radius 1 is 1.27 bits per heavy atom. The van der Waals surface area contributed by atoms with Crippen molar-refractivity contribution in [1.29, 1.82) is 0 Å². The lowest BCUT2D eigenvalue weighted by Gasteiger charge is -2.32. The maximum Gasteiger partial charge on any atom is 0.214 e. The van der Waals surface area contributed by atoms with E-state index in [-0.39, 0.29) is 35.8 Å². The molecule has 1 aliphatic heterocycles. The van der Waals surface area contributed by atoms with Crippen molar-refractivity contribution in [3.05, 3.63) is 29.8 Å². The molecule has 30 heavy (non-hydrogen) atoms. The van der Waals surface area contributed by atoms with Crippen LogP contribution in [0.25, 0.3) is 0 Å². The lowest BCUT2D eigenvalue weighted by molar-refractivity contribution is 0.302. The normalized spacial score (nSPS) is 16.2. The lowest BCUT2D eigenvalue weighted by atomic mass is 10.0. The first-order valence-corrected chi connectivity index (χ1v) is 12.1. The molecule has 0 amide bonds. The fraction of sp³-hybridized carbons (Fsp3) is 0.667. The number of guanidine groups is 1. The summed E-state index contributed by atoms with van der Waals surface area (Å²) < 4.78 is 31.9. The Labute approximate surface area is 199 Å². The largest absolute Gasteiger partial charge is 0.491 e. The van der Waals surface area contributed by atoms with Crippen molar-refractivity contribution >= 4 is 40.0 Å². The summed E-state index contributed by atoms with van der Waals surface area (Å²) >= 11 is 0. The number of nitrogens with one attached hydrogen (secondary N) is 2. The number of hydrogen-bond donors (Lipinski definition) is 2. The Morgan fingerprint density at radius 3 is 2.53 bits per heavy atom. The minimum Gasteiger partial charge on any atom is -0.491 e. The molecule has 1 aromatic rings. The number of para-hydroxylation sites is 1. The van der Waals surface area contributed by atoms with Gasteiger partial charge in [-0.2, -0.15) is 0 Å². The molecule has 2 rings (SSSR count). The van der Waals surface area contributed by atoms with Gasteiger partial charge in [-0.15, -0.1) is 24.0 Å². The molecule has 1 aromatic carbocycles. The van der Waals surface area contributed by atoms with E-state index in [4.69, 9.17) is 4.74 Å². The standard InChI is InChI=1S/C21H36N4O3S.HI/c1-5-16-29(26,27)25-13-10-18(11-14-25)24-21(22-4)23-12-15-28-20-9-7-6-8-19(20)17(2)3;/h6-9,17-18H,5,10-16H2,1-4H3,(H2,22,23,24);1H. The highest BCUT2D eigenvalue weighted by Gasteiger charge is 2.27. The van der Waals surface area contributed by atoms with Gasteiger partial charge in [0.05, 0.1) is 12.3 Å². The van der Waals surface area contributed by atoms with Gasteiger partial charge in [-0.25, -0.2) is 12.7 Å². The number of rotatable bonds is 9. The number of aliphatic imine (C=N–C) groups is 1. The Morgan fingerprint density at radius 2 is 1.93 bits per heavy atom. The number of benzene rings is 1. The number of nitrogens with zero attached hydrogens (tertiary/aromatic N) is 2. The maximum atomic E-state index is 12.2. The van der Waals surface area contributed by atoms with Crippen molar-refractivity contribution in [3.8, 4) is 5.75 Å². The summed E-state index contributed by atoms with van der Waals surface area (Å²) in [6, 6.07) is 8.34. The zero-order valence-electron chi connectivity index (χ0n) is 18.6. The predicted molar refractivity (Wildman–Crippen MR) is 135 cm³/mol. The van der Waals surface area contributed by atoms with Crippen molar-refractivity contribution in [3.63, 3.8) is 0 Å². The smallest absolute Gasteiger partial charge is 0.214 e. The van der Waals surface area contributed by atoms with E-state index in [0.717, 1.165) is 24.6 Å². The molecule has 0 spiro atoms. The van der Waals surface area contributed by atoms with Crippen molar-refractivity contribution in [2.24, 2.45) is 4.99 Å². The van der Waals surface area contributed by atoms with E-state index in [2.05, 4.69) is 35.5 Å². The molecule has 0 radical (unpaired) electrons. The van der Waals surface area contributed by atoms with Crippen LogP contribution >= 0.6 is 24.0 Å². The van der Waals surface area contributed by atoms with Crippen molar-refractivity contribution < 1.29 is 13.2 Å². The van der Waals surface area contributed by atoms with E-state index in [1.54, 1.807) is 11.4 Å². The van der Waals surface area contributed by atoms with Gasteiger partial charge in [0.25, 0.3) is 0 Å². The molecule has 7 nitrogen and oxygen atoms in total. The highest BCUT2D eigenvalue weighted by molar-refractivity contribution is 14.0. The van der Waals surface area contributed by atoms with Crippen molar-refractivity contribution in [1.82, 2.24) is 14.9 Å². The summed E-state index contributed by atoms with van der Waals surface area (Å²) in [4.78, 5) is 4.28. The molecule has 0 aromatic heterocycles. The van der Waals surface area contributed by atoms with E-state index < -0.39 is 10.0 Å². The first-order chi connectivity index (χ1) is 13.9. The fourth-order valence-electron chi connectivity index (χ4n) is 3.47. The fourth-order valence-corrected chi connectivity index (χ4v) is 5.01. The van der Waals surface area contributed by atoms with Crippen molar-refractivity contribution in [2.75, 3.05) is 39.0 Å². The third-order valence-electron chi connectivity index (χ3n) is 5.07. The summed E-state index contributed by atoms with van der Waals surface area (Å²) in [7, 11) is -1.36. The number of ether oxygens (including phenoxy) is 1. The molecule has 0 aliphatic carbocycles. The molecular weight excluding hydrogens is 515 g/mol. The van der Waals surface area contributed by atoms with E-state index in [1.165, 1.54) is 5.56 Å². The highest BCUT2D eigenvalue weighted by Crippen LogP contribution is 2.25. The van der Waals surface area contributed by atoms with Crippen LogP contribution < -0.4 is 15.4 Å². The third-order valence-corrected chi connectivity index (χ3v) is 7.14. The number of halogens is 1. The molecule has 0 bridgehead atoms.